The van der Waals surface area contributed by atoms with E-state index in [0.717, 1.165) is 12.8 Å². The second-order valence-corrected chi connectivity index (χ2v) is 4.30. The molecule has 3 N–H and O–H groups in total. The number of hydrogen-bond donors (Lipinski definition) is 2. The Morgan fingerprint density at radius 3 is 2.89 bits per heavy atom. The standard InChI is InChI=1S/C12H18N4O2/c1-18-7-6-16(10-3-4-10)12(17)9-2-5-11(15-13)14-8-9/h2,5,8,10H,3-4,6-7,13H2,1H3,(H,14,15). The van der Waals surface area contributed by atoms with Crippen LogP contribution < -0.4 is 11.3 Å². The van der Waals surface area contributed by atoms with E-state index in [4.69, 9.17) is 10.6 Å². The van der Waals surface area contributed by atoms with Gasteiger partial charge >= 0.3 is 0 Å². The Kier molecular flexibility index (Phi) is 4.11. The second-order valence-electron chi connectivity index (χ2n) is 4.30. The summed E-state index contributed by atoms with van der Waals surface area (Å²) >= 11 is 0. The number of aromatic nitrogens is 1. The van der Waals surface area contributed by atoms with Crippen LogP contribution in [0.5, 0.6) is 0 Å². The van der Waals surface area contributed by atoms with Crippen molar-refractivity contribution in [2.45, 2.75) is 18.9 Å². The molecule has 0 saturated heterocycles. The van der Waals surface area contributed by atoms with E-state index in [1.807, 2.05) is 4.90 Å². The molecule has 6 nitrogen and oxygen atoms in total. The highest BCUT2D eigenvalue weighted by molar-refractivity contribution is 5.94. The zero-order valence-electron chi connectivity index (χ0n) is 10.4. The van der Waals surface area contributed by atoms with Crippen LogP contribution in [0.25, 0.3) is 0 Å². The maximum atomic E-state index is 12.3. The van der Waals surface area contributed by atoms with Gasteiger partial charge in [0.25, 0.3) is 5.91 Å². The largest absolute Gasteiger partial charge is 0.383 e. The van der Waals surface area contributed by atoms with E-state index in [1.165, 1.54) is 0 Å². The molecule has 1 aromatic heterocycles. The van der Waals surface area contributed by atoms with Gasteiger partial charge in [-0.15, -0.1) is 0 Å². The highest BCUT2D eigenvalue weighted by Gasteiger charge is 2.32. The first-order chi connectivity index (χ1) is 8.76. The molecule has 0 unspecified atom stereocenters. The van der Waals surface area contributed by atoms with E-state index in [9.17, 15) is 4.79 Å². The van der Waals surface area contributed by atoms with E-state index >= 15 is 0 Å². The van der Waals surface area contributed by atoms with E-state index in [-0.39, 0.29) is 5.91 Å². The Bertz CT molecular complexity index is 403. The number of hydrogen-bond acceptors (Lipinski definition) is 5. The van der Waals surface area contributed by atoms with Crippen LogP contribution in [0.15, 0.2) is 18.3 Å². The molecule has 0 atom stereocenters. The Labute approximate surface area is 106 Å². The molecule has 18 heavy (non-hydrogen) atoms. The minimum atomic E-state index is 0.00521. The van der Waals surface area contributed by atoms with Crippen molar-refractivity contribution in [1.82, 2.24) is 9.88 Å². The molecule has 1 aliphatic rings. The lowest BCUT2D eigenvalue weighted by molar-refractivity contribution is 0.0680. The highest BCUT2D eigenvalue weighted by atomic mass is 16.5. The fourth-order valence-electron chi connectivity index (χ4n) is 1.80. The summed E-state index contributed by atoms with van der Waals surface area (Å²) in [6.45, 7) is 1.18. The third-order valence-corrected chi connectivity index (χ3v) is 2.94. The maximum absolute atomic E-state index is 12.3. The van der Waals surface area contributed by atoms with Gasteiger partial charge < -0.3 is 15.1 Å². The van der Waals surface area contributed by atoms with Crippen LogP contribution in [0.3, 0.4) is 0 Å². The van der Waals surface area contributed by atoms with Gasteiger partial charge in [0.2, 0.25) is 0 Å². The normalized spacial score (nSPS) is 14.3. The van der Waals surface area contributed by atoms with Gasteiger partial charge in [-0.05, 0) is 25.0 Å². The molecule has 6 heteroatoms. The molecule has 1 aliphatic carbocycles. The zero-order chi connectivity index (χ0) is 13.0. The lowest BCUT2D eigenvalue weighted by atomic mass is 10.2. The Morgan fingerprint density at radius 1 is 1.61 bits per heavy atom. The molecule has 1 saturated carbocycles. The van der Waals surface area contributed by atoms with Crippen molar-refractivity contribution in [1.29, 1.82) is 0 Å². The molecule has 0 spiro atoms. The van der Waals surface area contributed by atoms with Crippen molar-refractivity contribution >= 4 is 11.7 Å². The van der Waals surface area contributed by atoms with Gasteiger partial charge in [0, 0.05) is 25.9 Å². The number of hydrazine groups is 1. The average molecular weight is 250 g/mol. The summed E-state index contributed by atoms with van der Waals surface area (Å²) in [6.07, 6.45) is 3.69. The topological polar surface area (TPSA) is 80.5 Å². The van der Waals surface area contributed by atoms with E-state index in [0.29, 0.717) is 30.6 Å². The molecule has 1 aromatic rings. The summed E-state index contributed by atoms with van der Waals surface area (Å²) in [5.74, 6) is 5.78. The molecule has 0 aromatic carbocycles. The van der Waals surface area contributed by atoms with E-state index < -0.39 is 0 Å². The van der Waals surface area contributed by atoms with E-state index in [2.05, 4.69) is 10.4 Å². The number of pyridine rings is 1. The number of ether oxygens (including phenoxy) is 1. The molecular formula is C12H18N4O2. The minimum absolute atomic E-state index is 0.00521. The molecule has 1 amide bonds. The van der Waals surface area contributed by atoms with Crippen molar-refractivity contribution in [3.8, 4) is 0 Å². The summed E-state index contributed by atoms with van der Waals surface area (Å²) in [5, 5.41) is 0. The smallest absolute Gasteiger partial charge is 0.255 e. The van der Waals surface area contributed by atoms with E-state index in [1.54, 1.807) is 25.4 Å². The quantitative estimate of drug-likeness (QED) is 0.571. The molecule has 1 heterocycles. The van der Waals surface area contributed by atoms with Crippen LogP contribution in [0.2, 0.25) is 0 Å². The van der Waals surface area contributed by atoms with Crippen LogP contribution in [0, 0.1) is 0 Å². The van der Waals surface area contributed by atoms with Gasteiger partial charge in [-0.25, -0.2) is 10.8 Å². The van der Waals surface area contributed by atoms with Gasteiger partial charge in [-0.2, -0.15) is 0 Å². The first-order valence-corrected chi connectivity index (χ1v) is 5.99. The van der Waals surface area contributed by atoms with Gasteiger partial charge in [0.1, 0.15) is 5.82 Å². The predicted molar refractivity (Wildman–Crippen MR) is 68.0 cm³/mol. The van der Waals surface area contributed by atoms with Crippen LogP contribution in [0.1, 0.15) is 23.2 Å². The molecule has 0 radical (unpaired) electrons. The van der Waals surface area contributed by atoms with Gasteiger partial charge in [-0.3, -0.25) is 4.79 Å². The molecule has 0 bridgehead atoms. The van der Waals surface area contributed by atoms with Crippen molar-refractivity contribution in [2.75, 3.05) is 25.7 Å². The number of carbonyl (C=O) groups excluding carboxylic acids is 1. The lowest BCUT2D eigenvalue weighted by Gasteiger charge is -2.22. The summed E-state index contributed by atoms with van der Waals surface area (Å²) in [5.41, 5.74) is 3.02. The minimum Gasteiger partial charge on any atom is -0.383 e. The van der Waals surface area contributed by atoms with Crippen molar-refractivity contribution < 1.29 is 9.53 Å². The number of amides is 1. The first-order valence-electron chi connectivity index (χ1n) is 5.99. The second kappa shape index (κ2) is 5.79. The Morgan fingerprint density at radius 2 is 2.39 bits per heavy atom. The molecule has 98 valence electrons. The molecule has 2 rings (SSSR count). The number of nitrogens with zero attached hydrogens (tertiary/aromatic N) is 2. The molecule has 1 fully saturated rings. The number of rotatable bonds is 6. The van der Waals surface area contributed by atoms with Gasteiger partial charge in [-0.1, -0.05) is 0 Å². The fraction of sp³-hybridized carbons (Fsp3) is 0.500. The summed E-state index contributed by atoms with van der Waals surface area (Å²) < 4.78 is 5.04. The maximum Gasteiger partial charge on any atom is 0.255 e. The molecular weight excluding hydrogens is 232 g/mol. The Hall–Kier alpha value is -1.66. The summed E-state index contributed by atoms with van der Waals surface area (Å²) in [6, 6.07) is 3.78. The third-order valence-electron chi connectivity index (χ3n) is 2.94. The SMILES string of the molecule is COCCN(C(=O)c1ccc(NN)nc1)C1CC1. The fourth-order valence-corrected chi connectivity index (χ4v) is 1.80. The first kappa shape index (κ1) is 12.8. The van der Waals surface area contributed by atoms with Gasteiger partial charge in [0.05, 0.1) is 12.2 Å². The van der Waals surface area contributed by atoms with Crippen LogP contribution in [-0.4, -0.2) is 42.1 Å². The monoisotopic (exact) mass is 250 g/mol. The number of anilines is 1. The predicted octanol–water partition coefficient (Wildman–Crippen LogP) is 0.618. The van der Waals surface area contributed by atoms with Gasteiger partial charge in [0.15, 0.2) is 0 Å². The number of nitrogens with one attached hydrogen (secondary N) is 1. The van der Waals surface area contributed by atoms with Crippen molar-refractivity contribution in [2.24, 2.45) is 5.84 Å². The third kappa shape index (κ3) is 2.96. The average Bonchev–Trinajstić information content (AvgIpc) is 3.24. The number of nitrogens with two attached hydrogens (primary N) is 1. The lowest BCUT2D eigenvalue weighted by Crippen LogP contribution is -2.35. The Balaban J connectivity index is 2.06. The van der Waals surface area contributed by atoms with Crippen LogP contribution in [0.4, 0.5) is 5.82 Å². The zero-order valence-corrected chi connectivity index (χ0v) is 10.4. The number of methoxy groups -OCH3 is 1. The summed E-state index contributed by atoms with van der Waals surface area (Å²) in [4.78, 5) is 18.2. The molecule has 0 aliphatic heterocycles. The number of nitrogen functional groups attached to an aromatic ring is 1. The van der Waals surface area contributed by atoms with Crippen LogP contribution in [-0.2, 0) is 4.74 Å². The van der Waals surface area contributed by atoms with Crippen molar-refractivity contribution in [3.63, 3.8) is 0 Å². The highest BCUT2D eigenvalue weighted by Crippen LogP contribution is 2.28. The summed E-state index contributed by atoms with van der Waals surface area (Å²) in [7, 11) is 1.64. The van der Waals surface area contributed by atoms with Crippen LogP contribution >= 0.6 is 0 Å². The number of carbonyl (C=O) groups is 1. The van der Waals surface area contributed by atoms with Crippen molar-refractivity contribution in [3.05, 3.63) is 23.9 Å².